The molecule has 2 heteroatoms. The molecule has 0 aliphatic carbocycles. The Kier molecular flexibility index (Phi) is 5.50. The first-order valence-corrected chi connectivity index (χ1v) is 5.99. The van der Waals surface area contributed by atoms with Crippen molar-refractivity contribution in [3.8, 4) is 0 Å². The number of aliphatic hydroxyl groups is 2. The van der Waals surface area contributed by atoms with E-state index in [9.17, 15) is 10.2 Å². The average molecular weight is 222 g/mol. The first-order chi connectivity index (χ1) is 7.59. The fourth-order valence-corrected chi connectivity index (χ4v) is 1.69. The number of hydrogen-bond donors (Lipinski definition) is 2. The maximum atomic E-state index is 9.83. The minimum absolute atomic E-state index is 0.528. The summed E-state index contributed by atoms with van der Waals surface area (Å²) < 4.78 is 0. The Bertz CT molecular complexity index is 282. The highest BCUT2D eigenvalue weighted by atomic mass is 16.3. The lowest BCUT2D eigenvalue weighted by Crippen LogP contribution is -2.28. The van der Waals surface area contributed by atoms with Crippen LogP contribution >= 0.6 is 0 Å². The molecule has 0 aromatic heterocycles. The van der Waals surface area contributed by atoms with Crippen molar-refractivity contribution in [2.45, 2.75) is 45.3 Å². The molecule has 0 heterocycles. The fourth-order valence-electron chi connectivity index (χ4n) is 1.69. The summed E-state index contributed by atoms with van der Waals surface area (Å²) in [5.74, 6) is 0.568. The van der Waals surface area contributed by atoms with E-state index < -0.39 is 12.2 Å². The molecule has 1 rings (SSSR count). The van der Waals surface area contributed by atoms with E-state index in [1.165, 1.54) is 0 Å². The van der Waals surface area contributed by atoms with Crippen molar-refractivity contribution >= 4 is 0 Å². The predicted octanol–water partition coefficient (Wildman–Crippen LogP) is 2.39. The minimum atomic E-state index is -0.652. The molecule has 90 valence electrons. The van der Waals surface area contributed by atoms with E-state index >= 15 is 0 Å². The zero-order valence-electron chi connectivity index (χ0n) is 10.1. The first-order valence-electron chi connectivity index (χ1n) is 5.99. The maximum absolute atomic E-state index is 9.83. The third kappa shape index (κ3) is 4.77. The largest absolute Gasteiger partial charge is 0.390 e. The van der Waals surface area contributed by atoms with Gasteiger partial charge in [0, 0.05) is 6.42 Å². The summed E-state index contributed by atoms with van der Waals surface area (Å²) >= 11 is 0. The lowest BCUT2D eigenvalue weighted by molar-refractivity contribution is 0.0123. The molecule has 0 bridgehead atoms. The van der Waals surface area contributed by atoms with Crippen LogP contribution in [0.15, 0.2) is 30.3 Å². The van der Waals surface area contributed by atoms with Gasteiger partial charge < -0.3 is 10.2 Å². The lowest BCUT2D eigenvalue weighted by Gasteiger charge is -2.18. The average Bonchev–Trinajstić information content (AvgIpc) is 2.27. The van der Waals surface area contributed by atoms with Crippen LogP contribution in [0.4, 0.5) is 0 Å². The van der Waals surface area contributed by atoms with Crippen molar-refractivity contribution in [2.75, 3.05) is 0 Å². The van der Waals surface area contributed by atoms with Crippen LogP contribution in [0.2, 0.25) is 0 Å². The smallest absolute Gasteiger partial charge is 0.0839 e. The molecule has 2 atom stereocenters. The van der Waals surface area contributed by atoms with Gasteiger partial charge in [-0.1, -0.05) is 44.2 Å². The van der Waals surface area contributed by atoms with E-state index in [1.807, 2.05) is 30.3 Å². The summed E-state index contributed by atoms with van der Waals surface area (Å²) in [6, 6.07) is 9.78. The van der Waals surface area contributed by atoms with Crippen LogP contribution in [-0.2, 0) is 6.42 Å². The lowest BCUT2D eigenvalue weighted by atomic mass is 9.98. The molecule has 0 saturated carbocycles. The normalized spacial score (nSPS) is 15.1. The second-order valence-electron chi connectivity index (χ2n) is 4.80. The van der Waals surface area contributed by atoms with Crippen molar-refractivity contribution in [3.63, 3.8) is 0 Å². The van der Waals surface area contributed by atoms with Crippen LogP contribution in [-0.4, -0.2) is 22.4 Å². The third-order valence-corrected chi connectivity index (χ3v) is 2.77. The van der Waals surface area contributed by atoms with Gasteiger partial charge in [0.05, 0.1) is 12.2 Å². The summed E-state index contributed by atoms with van der Waals surface area (Å²) in [7, 11) is 0. The summed E-state index contributed by atoms with van der Waals surface area (Å²) in [5, 5.41) is 19.6. The Morgan fingerprint density at radius 3 is 2.12 bits per heavy atom. The van der Waals surface area contributed by atoms with Crippen LogP contribution in [0.3, 0.4) is 0 Å². The topological polar surface area (TPSA) is 40.5 Å². The van der Waals surface area contributed by atoms with Crippen molar-refractivity contribution in [3.05, 3.63) is 35.9 Å². The Hall–Kier alpha value is -0.860. The van der Waals surface area contributed by atoms with Crippen LogP contribution in [0, 0.1) is 5.92 Å². The van der Waals surface area contributed by atoms with Crippen molar-refractivity contribution < 1.29 is 10.2 Å². The summed E-state index contributed by atoms with van der Waals surface area (Å²) in [6.45, 7) is 4.24. The van der Waals surface area contributed by atoms with Gasteiger partial charge >= 0.3 is 0 Å². The Morgan fingerprint density at radius 1 is 0.938 bits per heavy atom. The highest BCUT2D eigenvalue weighted by Gasteiger charge is 2.16. The summed E-state index contributed by atoms with van der Waals surface area (Å²) in [4.78, 5) is 0. The molecule has 2 N–H and O–H groups in total. The van der Waals surface area contributed by atoms with Crippen molar-refractivity contribution in [2.24, 2.45) is 5.92 Å². The fraction of sp³-hybridized carbons (Fsp3) is 0.571. The Morgan fingerprint density at radius 2 is 1.56 bits per heavy atom. The van der Waals surface area contributed by atoms with Gasteiger partial charge in [0.2, 0.25) is 0 Å². The molecule has 1 aromatic rings. The predicted molar refractivity (Wildman–Crippen MR) is 66.2 cm³/mol. The molecule has 0 aliphatic heterocycles. The van der Waals surface area contributed by atoms with E-state index in [1.54, 1.807) is 0 Å². The maximum Gasteiger partial charge on any atom is 0.0839 e. The highest BCUT2D eigenvalue weighted by Crippen LogP contribution is 2.12. The molecule has 2 unspecified atom stereocenters. The molecule has 2 nitrogen and oxygen atoms in total. The minimum Gasteiger partial charge on any atom is -0.390 e. The second-order valence-corrected chi connectivity index (χ2v) is 4.80. The van der Waals surface area contributed by atoms with E-state index in [4.69, 9.17) is 0 Å². The van der Waals surface area contributed by atoms with Gasteiger partial charge in [-0.05, 0) is 24.3 Å². The summed E-state index contributed by atoms with van der Waals surface area (Å²) in [5.41, 5.74) is 1.07. The molecule has 0 aliphatic rings. The van der Waals surface area contributed by atoms with Gasteiger partial charge in [-0.2, -0.15) is 0 Å². The number of aliphatic hydroxyl groups excluding tert-OH is 2. The SMILES string of the molecule is CC(C)CCC(O)C(O)Cc1ccccc1. The highest BCUT2D eigenvalue weighted by molar-refractivity contribution is 5.15. The number of hydrogen-bond acceptors (Lipinski definition) is 2. The monoisotopic (exact) mass is 222 g/mol. The summed E-state index contributed by atoms with van der Waals surface area (Å²) in [6.07, 6.45) is 0.891. The molecule has 0 saturated heterocycles. The quantitative estimate of drug-likeness (QED) is 0.776. The van der Waals surface area contributed by atoms with Gasteiger partial charge in [0.15, 0.2) is 0 Å². The molecule has 0 fully saturated rings. The molecule has 1 aromatic carbocycles. The number of rotatable bonds is 6. The third-order valence-electron chi connectivity index (χ3n) is 2.77. The zero-order chi connectivity index (χ0) is 12.0. The zero-order valence-corrected chi connectivity index (χ0v) is 10.1. The second kappa shape index (κ2) is 6.66. The van der Waals surface area contributed by atoms with Gasteiger partial charge in [-0.25, -0.2) is 0 Å². The van der Waals surface area contributed by atoms with Crippen molar-refractivity contribution in [1.29, 1.82) is 0 Å². The van der Waals surface area contributed by atoms with Crippen LogP contribution in [0.1, 0.15) is 32.3 Å². The first kappa shape index (κ1) is 13.2. The van der Waals surface area contributed by atoms with Gasteiger partial charge in [0.1, 0.15) is 0 Å². The number of benzene rings is 1. The van der Waals surface area contributed by atoms with Crippen LogP contribution in [0.5, 0.6) is 0 Å². The van der Waals surface area contributed by atoms with Gasteiger partial charge in [-0.15, -0.1) is 0 Å². The van der Waals surface area contributed by atoms with E-state index in [0.717, 1.165) is 12.0 Å². The molecule has 0 radical (unpaired) electrons. The van der Waals surface area contributed by atoms with Crippen LogP contribution in [0.25, 0.3) is 0 Å². The van der Waals surface area contributed by atoms with Gasteiger partial charge in [-0.3, -0.25) is 0 Å². The van der Waals surface area contributed by atoms with Crippen LogP contribution < -0.4 is 0 Å². The standard InChI is InChI=1S/C14H22O2/c1-11(2)8-9-13(15)14(16)10-12-6-4-3-5-7-12/h3-7,11,13-16H,8-10H2,1-2H3. The molecule has 0 amide bonds. The molecule has 0 spiro atoms. The molecular weight excluding hydrogens is 200 g/mol. The Balaban J connectivity index is 2.37. The van der Waals surface area contributed by atoms with Gasteiger partial charge in [0.25, 0.3) is 0 Å². The molecular formula is C14H22O2. The van der Waals surface area contributed by atoms with E-state index in [2.05, 4.69) is 13.8 Å². The Labute approximate surface area is 97.9 Å². The van der Waals surface area contributed by atoms with Crippen molar-refractivity contribution in [1.82, 2.24) is 0 Å². The van der Waals surface area contributed by atoms with E-state index in [-0.39, 0.29) is 0 Å². The van der Waals surface area contributed by atoms with E-state index in [0.29, 0.717) is 18.8 Å². The molecule has 16 heavy (non-hydrogen) atoms.